The number of nitrogens with zero attached hydrogens (tertiary/aromatic N) is 3. The summed E-state index contributed by atoms with van der Waals surface area (Å²) >= 11 is 0. The maximum absolute atomic E-state index is 6.33. The van der Waals surface area contributed by atoms with Gasteiger partial charge in [0.1, 0.15) is 22.3 Å². The first kappa shape index (κ1) is 31.9. The van der Waals surface area contributed by atoms with E-state index in [1.54, 1.807) is 0 Å². The molecule has 5 heteroatoms. The Bertz CT molecular complexity index is 3180. The van der Waals surface area contributed by atoms with Gasteiger partial charge in [-0.1, -0.05) is 140 Å². The summed E-state index contributed by atoms with van der Waals surface area (Å²) < 4.78 is 12.5. The maximum atomic E-state index is 6.33. The third kappa shape index (κ3) is 5.53. The molecule has 0 amide bonds. The van der Waals surface area contributed by atoms with Crippen LogP contribution in [-0.4, -0.2) is 15.0 Å². The SMILES string of the molecule is c1ccc(-c2nc(-c3ccccc3)nc(-c3ccc(-c4cc(-c5ccc6oc7ccccc7c6c5)cc(-c5cccc6oc7ccccc7c56)c4)cc3)n2)cc1. The first-order valence-corrected chi connectivity index (χ1v) is 18.7. The Morgan fingerprint density at radius 2 is 0.732 bits per heavy atom. The van der Waals surface area contributed by atoms with Crippen LogP contribution in [0, 0.1) is 0 Å². The fraction of sp³-hybridized carbons (Fsp3) is 0. The lowest BCUT2D eigenvalue weighted by molar-refractivity contribution is 0.668. The Kier molecular flexibility index (Phi) is 7.42. The Morgan fingerprint density at radius 1 is 0.268 bits per heavy atom. The van der Waals surface area contributed by atoms with Gasteiger partial charge in [0.2, 0.25) is 0 Å². The van der Waals surface area contributed by atoms with E-state index in [1.165, 1.54) is 0 Å². The predicted octanol–water partition coefficient (Wildman–Crippen LogP) is 13.7. The summed E-state index contributed by atoms with van der Waals surface area (Å²) in [4.78, 5) is 14.8. The van der Waals surface area contributed by atoms with Crippen molar-refractivity contribution >= 4 is 43.9 Å². The second kappa shape index (κ2) is 13.0. The molecule has 262 valence electrons. The number of hydrogen-bond donors (Lipinski definition) is 0. The molecule has 11 aromatic rings. The Hall–Kier alpha value is -7.63. The van der Waals surface area contributed by atoms with Crippen LogP contribution >= 0.6 is 0 Å². The van der Waals surface area contributed by atoms with Gasteiger partial charge in [0.05, 0.1) is 0 Å². The third-order valence-electron chi connectivity index (χ3n) is 10.5. The molecular weight excluding hydrogens is 687 g/mol. The summed E-state index contributed by atoms with van der Waals surface area (Å²) in [5.41, 5.74) is 12.9. The number of aromatic nitrogens is 3. The van der Waals surface area contributed by atoms with Crippen LogP contribution < -0.4 is 0 Å². The van der Waals surface area contributed by atoms with Crippen molar-refractivity contribution < 1.29 is 8.83 Å². The van der Waals surface area contributed by atoms with Crippen LogP contribution in [0.2, 0.25) is 0 Å². The van der Waals surface area contributed by atoms with Gasteiger partial charge in [-0.15, -0.1) is 0 Å². The van der Waals surface area contributed by atoms with Crippen molar-refractivity contribution in [2.24, 2.45) is 0 Å². The first-order valence-electron chi connectivity index (χ1n) is 18.7. The average molecular weight is 718 g/mol. The van der Waals surface area contributed by atoms with Crippen LogP contribution in [0.4, 0.5) is 0 Å². The molecule has 11 rings (SSSR count). The third-order valence-corrected chi connectivity index (χ3v) is 10.5. The van der Waals surface area contributed by atoms with Crippen LogP contribution in [0.15, 0.2) is 197 Å². The lowest BCUT2D eigenvalue weighted by Gasteiger charge is -2.13. The number of furan rings is 2. The second-order valence-electron chi connectivity index (χ2n) is 14.0. The molecule has 0 saturated heterocycles. The highest BCUT2D eigenvalue weighted by atomic mass is 16.3. The van der Waals surface area contributed by atoms with Crippen LogP contribution in [0.25, 0.3) is 111 Å². The van der Waals surface area contributed by atoms with Crippen LogP contribution in [0.5, 0.6) is 0 Å². The first-order chi connectivity index (χ1) is 27.7. The highest BCUT2D eigenvalue weighted by Gasteiger charge is 2.17. The van der Waals surface area contributed by atoms with Crippen LogP contribution in [0.3, 0.4) is 0 Å². The van der Waals surface area contributed by atoms with Gasteiger partial charge in [-0.25, -0.2) is 15.0 Å². The molecule has 0 saturated carbocycles. The second-order valence-corrected chi connectivity index (χ2v) is 14.0. The fourth-order valence-electron chi connectivity index (χ4n) is 7.79. The molecule has 0 spiro atoms. The molecule has 8 aromatic carbocycles. The molecular formula is C51H31N3O2. The zero-order valence-corrected chi connectivity index (χ0v) is 30.1. The van der Waals surface area contributed by atoms with E-state index in [2.05, 4.69) is 97.1 Å². The number of hydrogen-bond acceptors (Lipinski definition) is 5. The minimum Gasteiger partial charge on any atom is -0.456 e. The molecule has 0 unspecified atom stereocenters. The molecule has 0 aliphatic rings. The van der Waals surface area contributed by atoms with E-state index < -0.39 is 0 Å². The maximum Gasteiger partial charge on any atom is 0.164 e. The smallest absolute Gasteiger partial charge is 0.164 e. The Morgan fingerprint density at radius 3 is 1.41 bits per heavy atom. The van der Waals surface area contributed by atoms with Crippen molar-refractivity contribution in [3.8, 4) is 67.5 Å². The Balaban J connectivity index is 1.07. The Labute approximate surface area is 322 Å². The van der Waals surface area contributed by atoms with E-state index in [1.807, 2.05) is 91.0 Å². The lowest BCUT2D eigenvalue weighted by atomic mass is 9.91. The molecule has 0 aliphatic carbocycles. The van der Waals surface area contributed by atoms with Gasteiger partial charge in [-0.3, -0.25) is 0 Å². The topological polar surface area (TPSA) is 65.0 Å². The minimum absolute atomic E-state index is 0.623. The monoisotopic (exact) mass is 717 g/mol. The van der Waals surface area contributed by atoms with E-state index in [-0.39, 0.29) is 0 Å². The van der Waals surface area contributed by atoms with Crippen molar-refractivity contribution in [1.29, 1.82) is 0 Å². The van der Waals surface area contributed by atoms with Crippen LogP contribution in [-0.2, 0) is 0 Å². The van der Waals surface area contributed by atoms with E-state index in [0.29, 0.717) is 17.5 Å². The van der Waals surface area contributed by atoms with Crippen molar-refractivity contribution in [2.45, 2.75) is 0 Å². The molecule has 0 atom stereocenters. The molecule has 0 bridgehead atoms. The van der Waals surface area contributed by atoms with Gasteiger partial charge < -0.3 is 8.83 Å². The minimum atomic E-state index is 0.623. The van der Waals surface area contributed by atoms with Gasteiger partial charge in [-0.2, -0.15) is 0 Å². The molecule has 5 nitrogen and oxygen atoms in total. The fourth-order valence-corrected chi connectivity index (χ4v) is 7.79. The molecule has 0 N–H and O–H groups in total. The average Bonchev–Trinajstić information content (AvgIpc) is 3.85. The van der Waals surface area contributed by atoms with E-state index >= 15 is 0 Å². The zero-order valence-electron chi connectivity index (χ0n) is 30.1. The van der Waals surface area contributed by atoms with E-state index in [4.69, 9.17) is 23.8 Å². The van der Waals surface area contributed by atoms with Crippen LogP contribution in [0.1, 0.15) is 0 Å². The summed E-state index contributed by atoms with van der Waals surface area (Å²) in [5, 5.41) is 4.41. The van der Waals surface area contributed by atoms with Crippen molar-refractivity contribution in [3.63, 3.8) is 0 Å². The molecule has 0 fully saturated rings. The highest BCUT2D eigenvalue weighted by Crippen LogP contribution is 2.41. The summed E-state index contributed by atoms with van der Waals surface area (Å²) in [7, 11) is 0. The quantitative estimate of drug-likeness (QED) is 0.171. The van der Waals surface area contributed by atoms with Crippen molar-refractivity contribution in [1.82, 2.24) is 15.0 Å². The normalized spacial score (nSPS) is 11.6. The van der Waals surface area contributed by atoms with E-state index in [9.17, 15) is 0 Å². The number of benzene rings is 8. The number of rotatable bonds is 6. The zero-order chi connectivity index (χ0) is 37.0. The standard InChI is InChI=1S/C51H31N3O2/c1-3-12-33(13-4-1)49-52-50(34-14-5-2-6-15-34)54-51(53-49)35-24-22-32(23-25-35)37-28-38(36-26-27-46-43(31-36)41-16-7-9-19-44(41)55-46)30-39(29-37)40-18-11-21-47-48(40)42-17-8-10-20-45(42)56-47/h1-31H. The molecule has 3 heterocycles. The summed E-state index contributed by atoms with van der Waals surface area (Å²) in [6.07, 6.45) is 0. The lowest BCUT2D eigenvalue weighted by Crippen LogP contribution is -2.00. The molecule has 0 aliphatic heterocycles. The van der Waals surface area contributed by atoms with Crippen molar-refractivity contribution in [2.75, 3.05) is 0 Å². The summed E-state index contributed by atoms with van der Waals surface area (Å²) in [6.45, 7) is 0. The highest BCUT2D eigenvalue weighted by molar-refractivity contribution is 6.13. The van der Waals surface area contributed by atoms with Gasteiger partial charge in [0, 0.05) is 38.2 Å². The predicted molar refractivity (Wildman–Crippen MR) is 227 cm³/mol. The van der Waals surface area contributed by atoms with Gasteiger partial charge in [0.15, 0.2) is 17.5 Å². The molecule has 0 radical (unpaired) electrons. The molecule has 3 aromatic heterocycles. The van der Waals surface area contributed by atoms with E-state index in [0.717, 1.165) is 93.9 Å². The summed E-state index contributed by atoms with van der Waals surface area (Å²) in [6, 6.07) is 64.8. The number of para-hydroxylation sites is 2. The van der Waals surface area contributed by atoms with Gasteiger partial charge in [0.25, 0.3) is 0 Å². The summed E-state index contributed by atoms with van der Waals surface area (Å²) in [5.74, 6) is 1.90. The largest absolute Gasteiger partial charge is 0.456 e. The van der Waals surface area contributed by atoms with Crippen molar-refractivity contribution in [3.05, 3.63) is 188 Å². The van der Waals surface area contributed by atoms with Gasteiger partial charge in [-0.05, 0) is 81.9 Å². The molecule has 56 heavy (non-hydrogen) atoms. The van der Waals surface area contributed by atoms with Gasteiger partial charge >= 0.3 is 0 Å². The number of fused-ring (bicyclic) bond motifs is 6.